The molecule has 0 spiro atoms. The van der Waals surface area contributed by atoms with Crippen LogP contribution in [0.25, 0.3) is 0 Å². The minimum Gasteiger partial charge on any atom is -0.464 e. The number of carbonyl (C=O) groups excluding carboxylic acids is 3. The fourth-order valence-corrected chi connectivity index (χ4v) is 2.95. The summed E-state index contributed by atoms with van der Waals surface area (Å²) >= 11 is 0. The molecule has 0 aromatic heterocycles. The van der Waals surface area contributed by atoms with Crippen molar-refractivity contribution in [3.05, 3.63) is 12.2 Å². The third kappa shape index (κ3) is 14.3. The first-order valence-electron chi connectivity index (χ1n) is 11.3. The molecule has 1 aliphatic rings. The Labute approximate surface area is 186 Å². The summed E-state index contributed by atoms with van der Waals surface area (Å²) in [4.78, 5) is 41.9. The minimum atomic E-state index is -0.828. The lowest BCUT2D eigenvalue weighted by Crippen LogP contribution is -2.45. The zero-order chi connectivity index (χ0) is 23.1. The molecular weight excluding hydrogens is 398 g/mol. The molecule has 0 saturated heterocycles. The van der Waals surface area contributed by atoms with Gasteiger partial charge in [-0.3, -0.25) is 14.9 Å². The zero-order valence-electron chi connectivity index (χ0n) is 19.6. The number of cyclic esters (lactones) is 1. The number of nitrogens with one attached hydrogen (secondary N) is 1. The van der Waals surface area contributed by atoms with Gasteiger partial charge in [0.15, 0.2) is 0 Å². The molecular formula is C23H39N3O5. The molecule has 31 heavy (non-hydrogen) atoms. The second-order valence-electron chi connectivity index (χ2n) is 8.81. The van der Waals surface area contributed by atoms with Gasteiger partial charge in [-0.15, -0.1) is 4.99 Å². The molecule has 0 aromatic rings. The molecule has 8 heteroatoms. The van der Waals surface area contributed by atoms with Crippen LogP contribution in [0, 0.1) is 0 Å². The number of carbonyl (C=O) groups is 3. The quantitative estimate of drug-likeness (QED) is 0.447. The second kappa shape index (κ2) is 14.6. The average molecular weight is 438 g/mol. The molecule has 0 radical (unpaired) electrons. The standard InChI is InChI=1S/C23H39N3O5/c1-23(2,3)31-22(29)25-21-24-19(27)16-14-12-10-8-6-5-7-9-11-13-15-17-30-20(28)18-26(21)4/h7,9H,5-6,8,10-18H2,1-4H3,(H,24,25,27,29)/b9-7-. The van der Waals surface area contributed by atoms with Gasteiger partial charge in [-0.05, 0) is 59.3 Å². The molecule has 176 valence electrons. The first-order valence-corrected chi connectivity index (χ1v) is 11.3. The van der Waals surface area contributed by atoms with E-state index in [1.807, 2.05) is 0 Å². The number of allylic oxidation sites excluding steroid dienone is 2. The van der Waals surface area contributed by atoms with Crippen molar-refractivity contribution in [2.24, 2.45) is 4.99 Å². The van der Waals surface area contributed by atoms with Crippen LogP contribution in [0.5, 0.6) is 0 Å². The summed E-state index contributed by atoms with van der Waals surface area (Å²) in [5.41, 5.74) is -0.717. The van der Waals surface area contributed by atoms with Crippen LogP contribution in [0.1, 0.15) is 85.0 Å². The van der Waals surface area contributed by atoms with E-state index in [0.29, 0.717) is 13.0 Å². The fraction of sp³-hybridized carbons (Fsp3) is 0.739. The minimum absolute atomic E-state index is 0.0178. The van der Waals surface area contributed by atoms with E-state index < -0.39 is 17.7 Å². The lowest BCUT2D eigenvalue weighted by molar-refractivity contribution is -0.144. The molecule has 0 fully saturated rings. The Hall–Kier alpha value is -2.38. The summed E-state index contributed by atoms with van der Waals surface area (Å²) in [5.74, 6) is -0.714. The molecule has 0 unspecified atom stereocenters. The normalized spacial score (nSPS) is 21.7. The van der Waals surface area contributed by atoms with Crippen molar-refractivity contribution in [1.29, 1.82) is 0 Å². The lowest BCUT2D eigenvalue weighted by Gasteiger charge is -2.22. The van der Waals surface area contributed by atoms with E-state index in [-0.39, 0.29) is 18.4 Å². The van der Waals surface area contributed by atoms with Crippen LogP contribution < -0.4 is 5.32 Å². The van der Waals surface area contributed by atoms with Crippen molar-refractivity contribution >= 4 is 23.9 Å². The maximum absolute atomic E-state index is 12.4. The van der Waals surface area contributed by atoms with E-state index in [0.717, 1.165) is 57.8 Å². The van der Waals surface area contributed by atoms with Crippen LogP contribution >= 0.6 is 0 Å². The first kappa shape index (κ1) is 26.7. The molecule has 0 saturated carbocycles. The maximum atomic E-state index is 12.4. The van der Waals surface area contributed by atoms with Crippen LogP contribution in [0.4, 0.5) is 4.79 Å². The van der Waals surface area contributed by atoms with Crippen LogP contribution in [-0.2, 0) is 19.1 Å². The molecule has 1 heterocycles. The van der Waals surface area contributed by atoms with Gasteiger partial charge in [0.05, 0.1) is 6.61 Å². The molecule has 2 amide bonds. The summed E-state index contributed by atoms with van der Waals surface area (Å²) in [6, 6.07) is 0. The average Bonchev–Trinajstić information content (AvgIpc) is 2.65. The fourth-order valence-electron chi connectivity index (χ4n) is 2.95. The van der Waals surface area contributed by atoms with Crippen molar-refractivity contribution < 1.29 is 23.9 Å². The third-order valence-electron chi connectivity index (χ3n) is 4.54. The van der Waals surface area contributed by atoms with Crippen molar-refractivity contribution in [2.45, 2.75) is 90.6 Å². The van der Waals surface area contributed by atoms with Crippen molar-refractivity contribution in [1.82, 2.24) is 10.2 Å². The molecule has 0 bridgehead atoms. The van der Waals surface area contributed by atoms with E-state index >= 15 is 0 Å². The molecule has 0 atom stereocenters. The highest BCUT2D eigenvalue weighted by atomic mass is 16.6. The number of hydrogen-bond donors (Lipinski definition) is 1. The Kier molecular flexibility index (Phi) is 12.5. The van der Waals surface area contributed by atoms with E-state index in [2.05, 4.69) is 22.5 Å². The molecule has 1 aliphatic heterocycles. The van der Waals surface area contributed by atoms with Gasteiger partial charge < -0.3 is 14.4 Å². The summed E-state index contributed by atoms with van der Waals surface area (Å²) in [5, 5.41) is 2.65. The largest absolute Gasteiger partial charge is 0.464 e. The van der Waals surface area contributed by atoms with E-state index in [1.54, 1.807) is 27.8 Å². The van der Waals surface area contributed by atoms with Crippen molar-refractivity contribution in [3.8, 4) is 0 Å². The number of nitrogens with zero attached hydrogens (tertiary/aromatic N) is 2. The Morgan fingerprint density at radius 1 is 1.03 bits per heavy atom. The van der Waals surface area contributed by atoms with Gasteiger partial charge in [0, 0.05) is 13.5 Å². The Morgan fingerprint density at radius 2 is 1.65 bits per heavy atom. The molecule has 0 aromatic carbocycles. The van der Waals surface area contributed by atoms with Gasteiger partial charge in [-0.25, -0.2) is 4.79 Å². The monoisotopic (exact) mass is 437 g/mol. The maximum Gasteiger partial charge on any atom is 0.437 e. The Bertz CT molecular complexity index is 638. The number of hydrogen-bond acceptors (Lipinski definition) is 5. The van der Waals surface area contributed by atoms with Gasteiger partial charge in [-0.1, -0.05) is 31.4 Å². The van der Waals surface area contributed by atoms with Gasteiger partial charge >= 0.3 is 12.1 Å². The summed E-state index contributed by atoms with van der Waals surface area (Å²) in [6.45, 7) is 5.39. The number of ether oxygens (including phenoxy) is 2. The number of esters is 1. The highest BCUT2D eigenvalue weighted by Crippen LogP contribution is 2.10. The number of guanidine groups is 1. The molecule has 1 rings (SSSR count). The van der Waals surface area contributed by atoms with Crippen molar-refractivity contribution in [2.75, 3.05) is 20.2 Å². The van der Waals surface area contributed by atoms with Crippen LogP contribution in [0.15, 0.2) is 17.1 Å². The highest BCUT2D eigenvalue weighted by Gasteiger charge is 2.20. The Balaban J connectivity index is 2.80. The zero-order valence-corrected chi connectivity index (χ0v) is 19.6. The van der Waals surface area contributed by atoms with Gasteiger partial charge in [-0.2, -0.15) is 0 Å². The summed E-state index contributed by atoms with van der Waals surface area (Å²) in [6.07, 6.45) is 12.8. The number of aliphatic imine (C=N–C) groups is 1. The van der Waals surface area contributed by atoms with Gasteiger partial charge in [0.2, 0.25) is 11.9 Å². The number of rotatable bonds is 0. The molecule has 8 nitrogen and oxygen atoms in total. The summed E-state index contributed by atoms with van der Waals surface area (Å²) < 4.78 is 10.5. The SMILES string of the molecule is CN1CC(=O)OCCCC/C=C\CCCCCCCC(=O)N/C1=N/C(=O)OC(C)(C)C. The summed E-state index contributed by atoms with van der Waals surface area (Å²) in [7, 11) is 1.57. The predicted octanol–water partition coefficient (Wildman–Crippen LogP) is 4.34. The van der Waals surface area contributed by atoms with Crippen LogP contribution in [0.2, 0.25) is 0 Å². The lowest BCUT2D eigenvalue weighted by atomic mass is 10.1. The van der Waals surface area contributed by atoms with Crippen LogP contribution in [-0.4, -0.2) is 54.6 Å². The number of amides is 2. The van der Waals surface area contributed by atoms with Gasteiger partial charge in [0.25, 0.3) is 0 Å². The molecule has 1 N–H and O–H groups in total. The van der Waals surface area contributed by atoms with Crippen molar-refractivity contribution in [3.63, 3.8) is 0 Å². The third-order valence-corrected chi connectivity index (χ3v) is 4.54. The highest BCUT2D eigenvalue weighted by molar-refractivity contribution is 6.01. The van der Waals surface area contributed by atoms with E-state index in [1.165, 1.54) is 4.90 Å². The van der Waals surface area contributed by atoms with E-state index in [9.17, 15) is 14.4 Å². The first-order chi connectivity index (χ1) is 14.7. The smallest absolute Gasteiger partial charge is 0.437 e. The van der Waals surface area contributed by atoms with E-state index in [4.69, 9.17) is 9.47 Å². The van der Waals surface area contributed by atoms with Gasteiger partial charge in [0.1, 0.15) is 12.1 Å². The second-order valence-corrected chi connectivity index (χ2v) is 8.81. The van der Waals surface area contributed by atoms with Crippen LogP contribution in [0.3, 0.4) is 0 Å². The number of likely N-dealkylation sites (N-methyl/N-ethyl adjacent to an activating group) is 1. The molecule has 0 aliphatic carbocycles. The topological polar surface area (TPSA) is 97.3 Å². The predicted molar refractivity (Wildman–Crippen MR) is 121 cm³/mol. The Morgan fingerprint density at radius 3 is 2.32 bits per heavy atom.